The van der Waals surface area contributed by atoms with Crippen LogP contribution in [0.1, 0.15) is 27.7 Å². The van der Waals surface area contributed by atoms with Crippen molar-refractivity contribution < 1.29 is 29.0 Å². The van der Waals surface area contributed by atoms with Crippen molar-refractivity contribution in [1.82, 2.24) is 9.80 Å². The van der Waals surface area contributed by atoms with Gasteiger partial charge in [-0.3, -0.25) is 14.6 Å². The predicted octanol–water partition coefficient (Wildman–Crippen LogP) is -0.117. The van der Waals surface area contributed by atoms with E-state index in [4.69, 9.17) is 9.47 Å². The van der Waals surface area contributed by atoms with Gasteiger partial charge in [0.1, 0.15) is 29.5 Å². The van der Waals surface area contributed by atoms with E-state index < -0.39 is 41.8 Å². The zero-order valence-corrected chi connectivity index (χ0v) is 12.8. The molecule has 9 heteroatoms. The summed E-state index contributed by atoms with van der Waals surface area (Å²) in [6, 6.07) is -1.16. The van der Waals surface area contributed by atoms with E-state index in [-0.39, 0.29) is 47.6 Å². The Bertz CT molecular complexity index is 611. The number of hydrogen-bond acceptors (Lipinski definition) is 5. The molecule has 0 aromatic rings. The molecule has 0 aromatic carbocycles. The summed E-state index contributed by atoms with van der Waals surface area (Å²) in [5.74, 6) is -1.43. The fourth-order valence-corrected chi connectivity index (χ4v) is 3.18. The monoisotopic (exact) mass is 334 g/mol. The molecule has 0 bridgehead atoms. The van der Waals surface area contributed by atoms with Crippen LogP contribution in [0.4, 0.5) is 4.79 Å². The number of nitrogens with zero attached hydrogens (tertiary/aromatic N) is 2. The molecule has 3 aliphatic rings. The summed E-state index contributed by atoms with van der Waals surface area (Å²) in [5.41, 5.74) is -0.813. The number of rotatable bonds is 1. The van der Waals surface area contributed by atoms with Crippen LogP contribution in [0.25, 0.3) is 0 Å². The second-order valence-corrected chi connectivity index (χ2v) is 6.64. The van der Waals surface area contributed by atoms with Crippen LogP contribution in [0, 0.1) is 0 Å². The maximum absolute atomic E-state index is 12.3. The molecule has 0 aliphatic carbocycles. The van der Waals surface area contributed by atoms with E-state index in [2.05, 4.69) is 0 Å². The van der Waals surface area contributed by atoms with Crippen LogP contribution in [0.3, 0.4) is 0 Å². The van der Waals surface area contributed by atoms with E-state index in [0.717, 1.165) is 0 Å². The third-order valence-corrected chi connectivity index (χ3v) is 3.94. The van der Waals surface area contributed by atoms with Gasteiger partial charge in [0.15, 0.2) is 5.70 Å². The van der Waals surface area contributed by atoms with E-state index in [1.807, 2.05) is 0 Å². The summed E-state index contributed by atoms with van der Waals surface area (Å²) in [5, 5.41) is 9.23. The van der Waals surface area contributed by atoms with Crippen LogP contribution >= 0.6 is 0 Å². The Morgan fingerprint density at radius 3 is 2.48 bits per heavy atom. The molecule has 0 spiro atoms. The summed E-state index contributed by atoms with van der Waals surface area (Å²) in [4.78, 5) is 38.4. The first-order chi connectivity index (χ1) is 10.1. The fraction of sp³-hybridized carbons (Fsp3) is 0.643. The molecule has 8 nitrogen and oxygen atoms in total. The van der Waals surface area contributed by atoms with Crippen molar-refractivity contribution in [2.45, 2.75) is 51.5 Å². The number of β-lactam (4-membered cyclic amide) rings is 1. The third-order valence-electron chi connectivity index (χ3n) is 3.94. The third kappa shape index (κ3) is 2.72. The zero-order chi connectivity index (χ0) is 16.4. The SMILES string of the molecule is CC1=C(C(=O)O)N2C(=O)[C@@H]3[C@@H]2[C@@H](CN3C(=O)OC(C)(C)C)O1.[NaH]. The van der Waals surface area contributed by atoms with Crippen molar-refractivity contribution >= 4 is 47.5 Å². The normalized spacial score (nSPS) is 28.5. The number of aliphatic carboxylic acids is 1. The summed E-state index contributed by atoms with van der Waals surface area (Å²) in [6.07, 6.45) is -1.00. The molecular formula is C14H19N2NaO6. The molecule has 2 saturated heterocycles. The quantitative estimate of drug-likeness (QED) is 0.531. The van der Waals surface area contributed by atoms with E-state index >= 15 is 0 Å². The molecule has 0 saturated carbocycles. The number of carbonyl (C=O) groups is 3. The number of allylic oxidation sites excluding steroid dienone is 1. The summed E-state index contributed by atoms with van der Waals surface area (Å²) in [6.45, 7) is 6.95. The molecule has 3 heterocycles. The zero-order valence-electron chi connectivity index (χ0n) is 12.8. The average Bonchev–Trinajstić information content (AvgIpc) is 2.71. The van der Waals surface area contributed by atoms with Gasteiger partial charge in [0.05, 0.1) is 6.54 Å². The number of carboxylic acid groups (broad SMARTS) is 1. The first-order valence-corrected chi connectivity index (χ1v) is 7.05. The Morgan fingerprint density at radius 2 is 1.96 bits per heavy atom. The van der Waals surface area contributed by atoms with Crippen LogP contribution in [-0.2, 0) is 19.1 Å². The number of amides is 2. The van der Waals surface area contributed by atoms with Crippen molar-refractivity contribution in [1.29, 1.82) is 0 Å². The molecule has 0 radical (unpaired) electrons. The standard InChI is InChI=1S/C14H18N2O6.Na.H/c1-6-8(12(18)19)16-9-7(21-6)5-15(10(9)11(16)17)13(20)22-14(2,3)4;;/h7,9-10H,5H2,1-4H3,(H,18,19);;/t7-,9+,10+;;/m1../s1. The molecule has 2 fully saturated rings. The molecule has 1 N–H and O–H groups in total. The van der Waals surface area contributed by atoms with Gasteiger partial charge in [-0.15, -0.1) is 0 Å². The molecule has 3 rings (SSSR count). The van der Waals surface area contributed by atoms with Gasteiger partial charge in [-0.05, 0) is 27.7 Å². The van der Waals surface area contributed by atoms with Gasteiger partial charge >= 0.3 is 41.6 Å². The van der Waals surface area contributed by atoms with Crippen LogP contribution in [-0.4, -0.2) is 92.8 Å². The second kappa shape index (κ2) is 5.68. The van der Waals surface area contributed by atoms with E-state index in [1.165, 1.54) is 16.7 Å². The number of hydrogen-bond donors (Lipinski definition) is 1. The Hall–Kier alpha value is -1.25. The van der Waals surface area contributed by atoms with Crippen LogP contribution in [0.15, 0.2) is 11.5 Å². The Labute approximate surface area is 155 Å². The molecule has 23 heavy (non-hydrogen) atoms. The molecule has 0 aromatic heterocycles. The van der Waals surface area contributed by atoms with Gasteiger partial charge < -0.3 is 14.6 Å². The second-order valence-electron chi connectivity index (χ2n) is 6.64. The maximum atomic E-state index is 12.3. The number of likely N-dealkylation sites (tertiary alicyclic amines) is 1. The van der Waals surface area contributed by atoms with E-state index in [9.17, 15) is 19.5 Å². The first kappa shape index (κ1) is 18.1. The van der Waals surface area contributed by atoms with Gasteiger partial charge in [0.2, 0.25) is 0 Å². The molecule has 0 unspecified atom stereocenters. The minimum atomic E-state index is -1.21. The summed E-state index contributed by atoms with van der Waals surface area (Å²) in [7, 11) is 0. The van der Waals surface area contributed by atoms with Crippen LogP contribution < -0.4 is 0 Å². The fourth-order valence-electron chi connectivity index (χ4n) is 3.18. The van der Waals surface area contributed by atoms with Crippen molar-refractivity contribution in [3.8, 4) is 0 Å². The van der Waals surface area contributed by atoms with Crippen LogP contribution in [0.5, 0.6) is 0 Å². The number of carbonyl (C=O) groups excluding carboxylic acids is 2. The predicted molar refractivity (Wildman–Crippen MR) is 79.7 cm³/mol. The van der Waals surface area contributed by atoms with Crippen molar-refractivity contribution in [2.75, 3.05) is 6.54 Å². The molecule has 3 atom stereocenters. The van der Waals surface area contributed by atoms with Gasteiger partial charge in [0.25, 0.3) is 5.91 Å². The topological polar surface area (TPSA) is 96.4 Å². The first-order valence-electron chi connectivity index (χ1n) is 7.05. The Balaban J connectivity index is 0.00000192. The number of carboxylic acids is 1. The molecular weight excluding hydrogens is 315 g/mol. The van der Waals surface area contributed by atoms with Crippen molar-refractivity contribution in [3.05, 3.63) is 11.5 Å². The minimum absolute atomic E-state index is 0. The Kier molecular flexibility index (Phi) is 4.47. The summed E-state index contributed by atoms with van der Waals surface area (Å²) >= 11 is 0. The molecule has 3 aliphatic heterocycles. The van der Waals surface area contributed by atoms with Crippen molar-refractivity contribution in [3.63, 3.8) is 0 Å². The van der Waals surface area contributed by atoms with E-state index in [1.54, 1.807) is 20.8 Å². The summed E-state index contributed by atoms with van der Waals surface area (Å²) < 4.78 is 10.9. The van der Waals surface area contributed by atoms with Gasteiger partial charge in [0, 0.05) is 0 Å². The average molecular weight is 334 g/mol. The van der Waals surface area contributed by atoms with Crippen LogP contribution in [0.2, 0.25) is 0 Å². The van der Waals surface area contributed by atoms with Gasteiger partial charge in [-0.1, -0.05) is 0 Å². The Morgan fingerprint density at radius 1 is 1.35 bits per heavy atom. The number of ether oxygens (including phenoxy) is 2. The van der Waals surface area contributed by atoms with Crippen molar-refractivity contribution in [2.24, 2.45) is 0 Å². The van der Waals surface area contributed by atoms with E-state index in [0.29, 0.717) is 0 Å². The van der Waals surface area contributed by atoms with Gasteiger partial charge in [-0.25, -0.2) is 9.59 Å². The van der Waals surface area contributed by atoms with Gasteiger partial charge in [-0.2, -0.15) is 0 Å². The molecule has 122 valence electrons. The molecule has 2 amide bonds.